The van der Waals surface area contributed by atoms with E-state index in [2.05, 4.69) is 31.5 Å². The molecule has 2 heterocycles. The van der Waals surface area contributed by atoms with Gasteiger partial charge in [-0.15, -0.1) is 0 Å². The van der Waals surface area contributed by atoms with Crippen molar-refractivity contribution in [3.63, 3.8) is 0 Å². The molecule has 13 heavy (non-hydrogen) atoms. The Morgan fingerprint density at radius 1 is 1.62 bits per heavy atom. The van der Waals surface area contributed by atoms with Gasteiger partial charge >= 0.3 is 6.03 Å². The molecule has 2 amide bonds. The van der Waals surface area contributed by atoms with Crippen LogP contribution in [0, 0.1) is 6.92 Å². The van der Waals surface area contributed by atoms with Crippen molar-refractivity contribution in [1.29, 1.82) is 0 Å². The number of rotatable bonds is 0. The molecular weight excluding hydrogens is 234 g/mol. The van der Waals surface area contributed by atoms with Gasteiger partial charge in [0, 0.05) is 16.6 Å². The highest BCUT2D eigenvalue weighted by Crippen LogP contribution is 2.23. The summed E-state index contributed by atoms with van der Waals surface area (Å²) >= 11 is 3.39. The van der Waals surface area contributed by atoms with Gasteiger partial charge in [-0.25, -0.2) is 9.78 Å². The number of fused-ring (bicyclic) bond motifs is 1. The number of halogens is 1. The van der Waals surface area contributed by atoms with Crippen LogP contribution in [0.4, 0.5) is 10.6 Å². The number of urea groups is 1. The number of pyridine rings is 1. The molecule has 1 aromatic heterocycles. The predicted molar refractivity (Wildman–Crippen MR) is 52.5 cm³/mol. The molecule has 0 aromatic carbocycles. The molecule has 0 aliphatic carbocycles. The fourth-order valence-corrected chi connectivity index (χ4v) is 1.55. The first-order chi connectivity index (χ1) is 6.16. The van der Waals surface area contributed by atoms with Gasteiger partial charge in [0.2, 0.25) is 0 Å². The van der Waals surface area contributed by atoms with Crippen LogP contribution < -0.4 is 10.6 Å². The zero-order chi connectivity index (χ0) is 9.42. The molecule has 0 saturated carbocycles. The Morgan fingerprint density at radius 3 is 3.15 bits per heavy atom. The minimum atomic E-state index is -0.193. The molecule has 0 bridgehead atoms. The fraction of sp³-hybridized carbons (Fsp3) is 0.250. The number of aryl methyl sites for hydroxylation is 1. The van der Waals surface area contributed by atoms with E-state index < -0.39 is 0 Å². The standard InChI is InChI=1S/C8H8BrN3O/c1-4-6(9)2-5-3-10-8(13)12-7(5)11-4/h2H,3H2,1H3,(H2,10,11,12,13). The maximum atomic E-state index is 10.9. The normalized spacial score (nSPS) is 14.5. The van der Waals surface area contributed by atoms with E-state index >= 15 is 0 Å². The van der Waals surface area contributed by atoms with Gasteiger partial charge in [0.25, 0.3) is 0 Å². The third kappa shape index (κ3) is 1.51. The molecule has 0 atom stereocenters. The summed E-state index contributed by atoms with van der Waals surface area (Å²) in [6.07, 6.45) is 0. The van der Waals surface area contributed by atoms with Gasteiger partial charge < -0.3 is 5.32 Å². The maximum absolute atomic E-state index is 10.9. The first kappa shape index (κ1) is 8.50. The first-order valence-electron chi connectivity index (χ1n) is 3.87. The van der Waals surface area contributed by atoms with Crippen molar-refractivity contribution >= 4 is 27.8 Å². The number of carbonyl (C=O) groups is 1. The van der Waals surface area contributed by atoms with Crippen molar-refractivity contribution in [2.24, 2.45) is 0 Å². The lowest BCUT2D eigenvalue weighted by Crippen LogP contribution is -2.34. The minimum Gasteiger partial charge on any atom is -0.334 e. The van der Waals surface area contributed by atoms with Crippen molar-refractivity contribution in [1.82, 2.24) is 10.3 Å². The number of hydrogen-bond acceptors (Lipinski definition) is 2. The van der Waals surface area contributed by atoms with Gasteiger partial charge in [0.1, 0.15) is 5.82 Å². The van der Waals surface area contributed by atoms with E-state index in [1.807, 2.05) is 13.0 Å². The monoisotopic (exact) mass is 241 g/mol. The van der Waals surface area contributed by atoms with Gasteiger partial charge in [-0.05, 0) is 28.9 Å². The lowest BCUT2D eigenvalue weighted by atomic mass is 10.2. The van der Waals surface area contributed by atoms with Crippen LogP contribution in [0.15, 0.2) is 10.5 Å². The van der Waals surface area contributed by atoms with Crippen LogP contribution in [0.2, 0.25) is 0 Å². The van der Waals surface area contributed by atoms with Crippen molar-refractivity contribution in [2.45, 2.75) is 13.5 Å². The fourth-order valence-electron chi connectivity index (χ4n) is 1.19. The largest absolute Gasteiger partial charge is 0.334 e. The summed E-state index contributed by atoms with van der Waals surface area (Å²) in [7, 11) is 0. The Bertz CT molecular complexity index is 378. The Labute approximate surface area is 83.9 Å². The van der Waals surface area contributed by atoms with Crippen LogP contribution in [-0.2, 0) is 6.54 Å². The minimum absolute atomic E-state index is 0.193. The molecule has 0 fully saturated rings. The molecule has 68 valence electrons. The second-order valence-electron chi connectivity index (χ2n) is 2.87. The molecule has 0 unspecified atom stereocenters. The van der Waals surface area contributed by atoms with E-state index in [4.69, 9.17) is 0 Å². The SMILES string of the molecule is Cc1nc2c(cc1Br)CNC(=O)N2. The summed E-state index contributed by atoms with van der Waals surface area (Å²) in [5, 5.41) is 5.32. The van der Waals surface area contributed by atoms with Crippen LogP contribution >= 0.6 is 15.9 Å². The number of carbonyl (C=O) groups excluding carboxylic acids is 1. The molecular formula is C8H8BrN3O. The van der Waals surface area contributed by atoms with Crippen molar-refractivity contribution in [3.8, 4) is 0 Å². The van der Waals surface area contributed by atoms with Gasteiger partial charge in [-0.1, -0.05) is 0 Å². The summed E-state index contributed by atoms with van der Waals surface area (Å²) in [5.41, 5.74) is 1.87. The maximum Gasteiger partial charge on any atom is 0.320 e. The number of hydrogen-bond donors (Lipinski definition) is 2. The summed E-state index contributed by atoms with van der Waals surface area (Å²) in [4.78, 5) is 15.2. The summed E-state index contributed by atoms with van der Waals surface area (Å²) in [5.74, 6) is 0.657. The number of anilines is 1. The zero-order valence-electron chi connectivity index (χ0n) is 7.02. The number of nitrogens with one attached hydrogen (secondary N) is 2. The number of amides is 2. The average molecular weight is 242 g/mol. The van der Waals surface area contributed by atoms with E-state index in [0.717, 1.165) is 15.7 Å². The van der Waals surface area contributed by atoms with Gasteiger partial charge in [0.05, 0.1) is 5.69 Å². The molecule has 1 aliphatic rings. The van der Waals surface area contributed by atoms with E-state index in [9.17, 15) is 4.79 Å². The molecule has 1 aliphatic heterocycles. The van der Waals surface area contributed by atoms with E-state index in [1.54, 1.807) is 0 Å². The van der Waals surface area contributed by atoms with Crippen LogP contribution in [0.25, 0.3) is 0 Å². The molecule has 4 nitrogen and oxygen atoms in total. The van der Waals surface area contributed by atoms with Crippen LogP contribution in [-0.4, -0.2) is 11.0 Å². The number of nitrogens with zero attached hydrogens (tertiary/aromatic N) is 1. The number of aromatic nitrogens is 1. The molecule has 2 rings (SSSR count). The topological polar surface area (TPSA) is 54.0 Å². The second kappa shape index (κ2) is 2.99. The molecule has 0 spiro atoms. The smallest absolute Gasteiger partial charge is 0.320 e. The van der Waals surface area contributed by atoms with E-state index in [-0.39, 0.29) is 6.03 Å². The summed E-state index contributed by atoms with van der Waals surface area (Å²) < 4.78 is 0.962. The lowest BCUT2D eigenvalue weighted by molar-refractivity contribution is 0.250. The Hall–Kier alpha value is -1.10. The zero-order valence-corrected chi connectivity index (χ0v) is 8.60. The van der Waals surface area contributed by atoms with Gasteiger partial charge in [0.15, 0.2) is 0 Å². The first-order valence-corrected chi connectivity index (χ1v) is 4.67. The summed E-state index contributed by atoms with van der Waals surface area (Å²) in [6, 6.07) is 1.77. The Kier molecular flexibility index (Phi) is 1.95. The van der Waals surface area contributed by atoms with Crippen molar-refractivity contribution in [3.05, 3.63) is 21.8 Å². The van der Waals surface area contributed by atoms with Crippen LogP contribution in [0.3, 0.4) is 0 Å². The van der Waals surface area contributed by atoms with Crippen LogP contribution in [0.5, 0.6) is 0 Å². The van der Waals surface area contributed by atoms with Crippen molar-refractivity contribution in [2.75, 3.05) is 5.32 Å². The van der Waals surface area contributed by atoms with E-state index in [1.165, 1.54) is 0 Å². The van der Waals surface area contributed by atoms with Crippen LogP contribution in [0.1, 0.15) is 11.3 Å². The summed E-state index contributed by atoms with van der Waals surface area (Å²) in [6.45, 7) is 2.42. The second-order valence-corrected chi connectivity index (χ2v) is 3.73. The van der Waals surface area contributed by atoms with Gasteiger partial charge in [-0.2, -0.15) is 0 Å². The molecule has 1 aromatic rings. The molecule has 2 N–H and O–H groups in total. The highest BCUT2D eigenvalue weighted by atomic mass is 79.9. The Morgan fingerprint density at radius 2 is 2.38 bits per heavy atom. The third-order valence-corrected chi connectivity index (χ3v) is 2.70. The highest BCUT2D eigenvalue weighted by molar-refractivity contribution is 9.10. The average Bonchev–Trinajstić information content (AvgIpc) is 2.08. The Balaban J connectivity index is 2.49. The molecule has 5 heteroatoms. The molecule has 0 radical (unpaired) electrons. The molecule has 0 saturated heterocycles. The van der Waals surface area contributed by atoms with E-state index in [0.29, 0.717) is 12.4 Å². The lowest BCUT2D eigenvalue weighted by Gasteiger charge is -2.17. The van der Waals surface area contributed by atoms with Gasteiger partial charge in [-0.3, -0.25) is 5.32 Å². The quantitative estimate of drug-likeness (QED) is 0.728. The predicted octanol–water partition coefficient (Wildman–Crippen LogP) is 1.79. The highest BCUT2D eigenvalue weighted by Gasteiger charge is 2.15. The van der Waals surface area contributed by atoms with Crippen molar-refractivity contribution < 1.29 is 4.79 Å². The third-order valence-electron chi connectivity index (χ3n) is 1.90.